The fourth-order valence-electron chi connectivity index (χ4n) is 1.79. The molecule has 1 aliphatic rings. The molecule has 0 bridgehead atoms. The first-order chi connectivity index (χ1) is 6.08. The lowest BCUT2D eigenvalue weighted by molar-refractivity contribution is -0.137. The van der Waals surface area contributed by atoms with Crippen molar-refractivity contribution in [3.05, 3.63) is 0 Å². The van der Waals surface area contributed by atoms with Gasteiger partial charge in [0.1, 0.15) is 0 Å². The van der Waals surface area contributed by atoms with E-state index in [-0.39, 0.29) is 12.5 Å². The molecule has 0 aromatic heterocycles. The Labute approximate surface area is 78.9 Å². The summed E-state index contributed by atoms with van der Waals surface area (Å²) < 4.78 is 0. The first-order valence-corrected chi connectivity index (χ1v) is 4.74. The quantitative estimate of drug-likeness (QED) is 0.656. The Morgan fingerprint density at radius 3 is 2.92 bits per heavy atom. The topological polar surface area (TPSA) is 52.6 Å². The minimum absolute atomic E-state index is 0.0778. The zero-order valence-corrected chi connectivity index (χ0v) is 8.29. The SMILES string of the molecule is CC(CC(=O)O)NC1CCN(C)C1. The summed E-state index contributed by atoms with van der Waals surface area (Å²) in [5, 5.41) is 11.9. The molecule has 0 spiro atoms. The zero-order chi connectivity index (χ0) is 9.84. The van der Waals surface area contributed by atoms with Crippen molar-refractivity contribution in [3.63, 3.8) is 0 Å². The first-order valence-electron chi connectivity index (χ1n) is 4.74. The molecule has 0 aromatic rings. The fraction of sp³-hybridized carbons (Fsp3) is 0.889. The maximum atomic E-state index is 10.4. The summed E-state index contributed by atoms with van der Waals surface area (Å²) in [4.78, 5) is 12.7. The molecule has 76 valence electrons. The molecule has 0 aliphatic carbocycles. The summed E-state index contributed by atoms with van der Waals surface area (Å²) in [6.07, 6.45) is 1.33. The number of rotatable bonds is 4. The summed E-state index contributed by atoms with van der Waals surface area (Å²) in [5.41, 5.74) is 0. The minimum Gasteiger partial charge on any atom is -0.481 e. The largest absolute Gasteiger partial charge is 0.481 e. The van der Waals surface area contributed by atoms with Gasteiger partial charge in [-0.05, 0) is 26.9 Å². The first kappa shape index (κ1) is 10.5. The number of hydrogen-bond acceptors (Lipinski definition) is 3. The fourth-order valence-corrected chi connectivity index (χ4v) is 1.79. The maximum Gasteiger partial charge on any atom is 0.304 e. The Bertz CT molecular complexity index is 184. The van der Waals surface area contributed by atoms with Crippen LogP contribution in [0.4, 0.5) is 0 Å². The molecule has 0 aromatic carbocycles. The average molecular weight is 186 g/mol. The number of likely N-dealkylation sites (N-methyl/N-ethyl adjacent to an activating group) is 1. The van der Waals surface area contributed by atoms with Crippen LogP contribution in [-0.2, 0) is 4.79 Å². The Balaban J connectivity index is 2.20. The lowest BCUT2D eigenvalue weighted by Gasteiger charge is -2.17. The minimum atomic E-state index is -0.730. The highest BCUT2D eigenvalue weighted by atomic mass is 16.4. The summed E-state index contributed by atoms with van der Waals surface area (Å²) in [6.45, 7) is 4.06. The van der Waals surface area contributed by atoms with Crippen molar-refractivity contribution in [1.29, 1.82) is 0 Å². The van der Waals surface area contributed by atoms with Gasteiger partial charge in [-0.2, -0.15) is 0 Å². The molecule has 0 saturated carbocycles. The Morgan fingerprint density at radius 2 is 2.46 bits per heavy atom. The van der Waals surface area contributed by atoms with E-state index in [0.717, 1.165) is 19.5 Å². The number of hydrogen-bond donors (Lipinski definition) is 2. The van der Waals surface area contributed by atoms with Gasteiger partial charge in [0.15, 0.2) is 0 Å². The standard InChI is InChI=1S/C9H18N2O2/c1-7(5-9(12)13)10-8-3-4-11(2)6-8/h7-8,10H,3-6H2,1-2H3,(H,12,13). The predicted octanol–water partition coefficient (Wildman–Crippen LogP) is 0.143. The van der Waals surface area contributed by atoms with E-state index >= 15 is 0 Å². The molecule has 2 atom stereocenters. The Hall–Kier alpha value is -0.610. The van der Waals surface area contributed by atoms with E-state index in [4.69, 9.17) is 5.11 Å². The van der Waals surface area contributed by atoms with Crippen LogP contribution in [0.5, 0.6) is 0 Å². The highest BCUT2D eigenvalue weighted by Gasteiger charge is 2.21. The van der Waals surface area contributed by atoms with Gasteiger partial charge in [0.25, 0.3) is 0 Å². The number of carboxylic acids is 1. The smallest absolute Gasteiger partial charge is 0.304 e. The van der Waals surface area contributed by atoms with Gasteiger partial charge in [0.2, 0.25) is 0 Å². The van der Waals surface area contributed by atoms with E-state index in [1.807, 2.05) is 6.92 Å². The van der Waals surface area contributed by atoms with Crippen LogP contribution in [0.3, 0.4) is 0 Å². The summed E-state index contributed by atoms with van der Waals surface area (Å²) >= 11 is 0. The molecule has 1 rings (SSSR count). The molecule has 2 unspecified atom stereocenters. The predicted molar refractivity (Wildman–Crippen MR) is 50.8 cm³/mol. The van der Waals surface area contributed by atoms with Crippen molar-refractivity contribution in [2.75, 3.05) is 20.1 Å². The van der Waals surface area contributed by atoms with Gasteiger partial charge < -0.3 is 15.3 Å². The Kier molecular flexibility index (Phi) is 3.69. The third-order valence-electron chi connectivity index (χ3n) is 2.39. The zero-order valence-electron chi connectivity index (χ0n) is 8.29. The number of aliphatic carboxylic acids is 1. The van der Waals surface area contributed by atoms with Crippen LogP contribution in [0.1, 0.15) is 19.8 Å². The number of nitrogens with zero attached hydrogens (tertiary/aromatic N) is 1. The van der Waals surface area contributed by atoms with Crippen LogP contribution < -0.4 is 5.32 Å². The van der Waals surface area contributed by atoms with E-state index in [1.54, 1.807) is 0 Å². The third-order valence-corrected chi connectivity index (χ3v) is 2.39. The third kappa shape index (κ3) is 3.74. The van der Waals surface area contributed by atoms with Crippen molar-refractivity contribution in [2.45, 2.75) is 31.8 Å². The molecule has 2 N–H and O–H groups in total. The molecule has 1 fully saturated rings. The molecule has 1 aliphatic heterocycles. The molecular formula is C9H18N2O2. The second-order valence-electron chi connectivity index (χ2n) is 3.91. The van der Waals surface area contributed by atoms with Crippen molar-refractivity contribution in [2.24, 2.45) is 0 Å². The molecule has 1 heterocycles. The van der Waals surface area contributed by atoms with Gasteiger partial charge in [-0.1, -0.05) is 0 Å². The van der Waals surface area contributed by atoms with Crippen LogP contribution in [-0.4, -0.2) is 48.2 Å². The van der Waals surface area contributed by atoms with Gasteiger partial charge in [-0.25, -0.2) is 0 Å². The lowest BCUT2D eigenvalue weighted by atomic mass is 10.2. The van der Waals surface area contributed by atoms with E-state index in [9.17, 15) is 4.79 Å². The van der Waals surface area contributed by atoms with Crippen LogP contribution in [0.25, 0.3) is 0 Å². The van der Waals surface area contributed by atoms with Crippen LogP contribution >= 0.6 is 0 Å². The van der Waals surface area contributed by atoms with E-state index in [0.29, 0.717) is 6.04 Å². The molecule has 4 heteroatoms. The van der Waals surface area contributed by atoms with Crippen LogP contribution in [0.15, 0.2) is 0 Å². The second kappa shape index (κ2) is 4.58. The molecule has 13 heavy (non-hydrogen) atoms. The van der Waals surface area contributed by atoms with Crippen molar-refractivity contribution >= 4 is 5.97 Å². The number of likely N-dealkylation sites (tertiary alicyclic amines) is 1. The monoisotopic (exact) mass is 186 g/mol. The van der Waals surface area contributed by atoms with Gasteiger partial charge in [0.05, 0.1) is 6.42 Å². The van der Waals surface area contributed by atoms with Gasteiger partial charge in [-0.15, -0.1) is 0 Å². The average Bonchev–Trinajstić information content (AvgIpc) is 2.33. The molecule has 0 radical (unpaired) electrons. The number of carboxylic acid groups (broad SMARTS) is 1. The van der Waals surface area contributed by atoms with Crippen LogP contribution in [0, 0.1) is 0 Å². The molecule has 0 amide bonds. The Morgan fingerprint density at radius 1 is 1.77 bits per heavy atom. The summed E-state index contributed by atoms with van der Waals surface area (Å²) in [6, 6.07) is 0.549. The van der Waals surface area contributed by atoms with Crippen molar-refractivity contribution in [1.82, 2.24) is 10.2 Å². The highest BCUT2D eigenvalue weighted by Crippen LogP contribution is 2.07. The van der Waals surface area contributed by atoms with Crippen molar-refractivity contribution in [3.8, 4) is 0 Å². The van der Waals surface area contributed by atoms with Gasteiger partial charge in [-0.3, -0.25) is 4.79 Å². The van der Waals surface area contributed by atoms with Crippen LogP contribution in [0.2, 0.25) is 0 Å². The molecule has 4 nitrogen and oxygen atoms in total. The molecular weight excluding hydrogens is 168 g/mol. The highest BCUT2D eigenvalue weighted by molar-refractivity contribution is 5.67. The normalized spacial score (nSPS) is 26.2. The van der Waals surface area contributed by atoms with Gasteiger partial charge in [0, 0.05) is 18.6 Å². The van der Waals surface area contributed by atoms with E-state index in [2.05, 4.69) is 17.3 Å². The maximum absolute atomic E-state index is 10.4. The second-order valence-corrected chi connectivity index (χ2v) is 3.91. The summed E-state index contributed by atoms with van der Waals surface area (Å²) in [5.74, 6) is -0.730. The van der Waals surface area contributed by atoms with Crippen molar-refractivity contribution < 1.29 is 9.90 Å². The summed E-state index contributed by atoms with van der Waals surface area (Å²) in [7, 11) is 2.09. The van der Waals surface area contributed by atoms with E-state index < -0.39 is 5.97 Å². The molecule has 1 saturated heterocycles. The van der Waals surface area contributed by atoms with Gasteiger partial charge >= 0.3 is 5.97 Å². The van der Waals surface area contributed by atoms with E-state index in [1.165, 1.54) is 0 Å². The lowest BCUT2D eigenvalue weighted by Crippen LogP contribution is -2.39. The number of nitrogens with one attached hydrogen (secondary N) is 1. The number of carbonyl (C=O) groups is 1.